The van der Waals surface area contributed by atoms with Crippen LogP contribution >= 0.6 is 11.3 Å². The molecule has 1 aromatic carbocycles. The highest BCUT2D eigenvalue weighted by atomic mass is 32.1. The number of carbonyl (C=O) groups excluding carboxylic acids is 1. The van der Waals surface area contributed by atoms with Gasteiger partial charge in [0.2, 0.25) is 0 Å². The Morgan fingerprint density at radius 2 is 2.00 bits per heavy atom. The van der Waals surface area contributed by atoms with Crippen LogP contribution in [0.5, 0.6) is 0 Å². The molecule has 1 N–H and O–H groups in total. The van der Waals surface area contributed by atoms with E-state index in [1.54, 1.807) is 10.7 Å². The van der Waals surface area contributed by atoms with Crippen LogP contribution in [0, 0.1) is 0 Å². The van der Waals surface area contributed by atoms with Gasteiger partial charge < -0.3 is 4.74 Å². The Morgan fingerprint density at radius 1 is 1.19 bits per heavy atom. The van der Waals surface area contributed by atoms with Crippen LogP contribution in [0.1, 0.15) is 40.1 Å². The number of aromatic nitrogens is 2. The second-order valence-corrected chi connectivity index (χ2v) is 8.50. The van der Waals surface area contributed by atoms with E-state index in [0.717, 1.165) is 47.5 Å². The van der Waals surface area contributed by atoms with Gasteiger partial charge in [-0.25, -0.2) is 10.3 Å². The van der Waals surface area contributed by atoms with E-state index in [0.29, 0.717) is 24.4 Å². The van der Waals surface area contributed by atoms with Gasteiger partial charge in [0.1, 0.15) is 5.69 Å². The van der Waals surface area contributed by atoms with Crippen molar-refractivity contribution < 1.29 is 27.5 Å². The fourth-order valence-electron chi connectivity index (χ4n) is 3.29. The Balaban J connectivity index is 1.30. The van der Waals surface area contributed by atoms with Gasteiger partial charge in [0, 0.05) is 25.8 Å². The van der Waals surface area contributed by atoms with Crippen molar-refractivity contribution in [3.05, 3.63) is 64.7 Å². The van der Waals surface area contributed by atoms with Crippen molar-refractivity contribution >= 4 is 17.2 Å². The summed E-state index contributed by atoms with van der Waals surface area (Å²) >= 11 is 1.30. The molecule has 1 fully saturated rings. The van der Waals surface area contributed by atoms with Crippen molar-refractivity contribution in [1.82, 2.24) is 15.3 Å². The maximum Gasteiger partial charge on any atom is 0.416 e. The van der Waals surface area contributed by atoms with Crippen molar-refractivity contribution in [2.24, 2.45) is 0 Å². The monoisotopic (exact) mass is 465 g/mol. The molecule has 3 heterocycles. The molecule has 0 radical (unpaired) electrons. The Bertz CT molecular complexity index is 1040. The number of carbonyl (C=O) groups is 1. The standard InChI is InChI=1S/C22H22F3N3O3S/c23-22(24,25)16-6-4-15(5-7-16)10-12-28-13-11-17(26-28)18-8-9-19(32-18)21(29)27-31-20-3-1-2-14-30-20/h4-9,11,13,20H,1-3,10,12,14H2,(H,27,29). The predicted octanol–water partition coefficient (Wildman–Crippen LogP) is 5.06. The van der Waals surface area contributed by atoms with E-state index < -0.39 is 18.0 Å². The number of nitrogens with zero attached hydrogens (tertiary/aromatic N) is 2. The lowest BCUT2D eigenvalue weighted by Crippen LogP contribution is -2.32. The molecular formula is C22H22F3N3O3S. The molecule has 2 aromatic heterocycles. The molecule has 10 heteroatoms. The zero-order chi connectivity index (χ0) is 22.6. The first kappa shape index (κ1) is 22.5. The lowest BCUT2D eigenvalue weighted by atomic mass is 10.1. The van der Waals surface area contributed by atoms with Gasteiger partial charge in [-0.1, -0.05) is 12.1 Å². The maximum atomic E-state index is 12.7. The van der Waals surface area contributed by atoms with Gasteiger partial charge in [-0.3, -0.25) is 9.48 Å². The normalized spacial score (nSPS) is 16.8. The summed E-state index contributed by atoms with van der Waals surface area (Å²) in [7, 11) is 0. The van der Waals surface area contributed by atoms with Gasteiger partial charge in [-0.15, -0.1) is 11.3 Å². The molecule has 4 rings (SSSR count). The number of nitrogens with one attached hydrogen (secondary N) is 1. The maximum absolute atomic E-state index is 12.7. The molecule has 1 saturated heterocycles. The number of aryl methyl sites for hydroxylation is 2. The van der Waals surface area contributed by atoms with Gasteiger partial charge in [0.15, 0.2) is 6.29 Å². The summed E-state index contributed by atoms with van der Waals surface area (Å²) in [6.45, 7) is 1.16. The Labute approximate surface area is 186 Å². The summed E-state index contributed by atoms with van der Waals surface area (Å²) in [4.78, 5) is 19.0. The lowest BCUT2D eigenvalue weighted by molar-refractivity contribution is -0.186. The van der Waals surface area contributed by atoms with E-state index in [9.17, 15) is 18.0 Å². The molecule has 1 amide bonds. The fourth-order valence-corrected chi connectivity index (χ4v) is 4.15. The molecule has 0 saturated carbocycles. The summed E-state index contributed by atoms with van der Waals surface area (Å²) in [6, 6.07) is 10.5. The first-order valence-electron chi connectivity index (χ1n) is 10.3. The van der Waals surface area contributed by atoms with Gasteiger partial charge in [0.05, 0.1) is 15.3 Å². The van der Waals surface area contributed by atoms with Crippen molar-refractivity contribution in [1.29, 1.82) is 0 Å². The number of hydrogen-bond acceptors (Lipinski definition) is 5. The number of ether oxygens (including phenoxy) is 1. The number of amides is 1. The summed E-state index contributed by atoms with van der Waals surface area (Å²) in [5.41, 5.74) is 3.30. The number of hydroxylamine groups is 1. The Hall–Kier alpha value is -2.69. The second-order valence-electron chi connectivity index (χ2n) is 7.42. The van der Waals surface area contributed by atoms with E-state index in [1.807, 2.05) is 18.3 Å². The zero-order valence-corrected chi connectivity index (χ0v) is 17.9. The van der Waals surface area contributed by atoms with Crippen LogP contribution in [-0.2, 0) is 28.7 Å². The molecule has 0 spiro atoms. The van der Waals surface area contributed by atoms with Gasteiger partial charge >= 0.3 is 6.18 Å². The molecule has 1 unspecified atom stereocenters. The topological polar surface area (TPSA) is 65.4 Å². The minimum atomic E-state index is -4.33. The van der Waals surface area contributed by atoms with Crippen molar-refractivity contribution in [2.75, 3.05) is 6.61 Å². The molecule has 0 bridgehead atoms. The molecule has 1 atom stereocenters. The number of thiophene rings is 1. The van der Waals surface area contributed by atoms with E-state index in [1.165, 1.54) is 23.5 Å². The molecule has 32 heavy (non-hydrogen) atoms. The van der Waals surface area contributed by atoms with Crippen molar-refractivity contribution in [2.45, 2.75) is 44.7 Å². The lowest BCUT2D eigenvalue weighted by Gasteiger charge is -2.21. The number of hydrogen-bond donors (Lipinski definition) is 1. The first-order valence-corrected chi connectivity index (χ1v) is 11.1. The molecular weight excluding hydrogens is 443 g/mol. The first-order chi connectivity index (χ1) is 15.4. The highest BCUT2D eigenvalue weighted by molar-refractivity contribution is 7.17. The minimum Gasteiger partial charge on any atom is -0.350 e. The van der Waals surface area contributed by atoms with E-state index in [-0.39, 0.29) is 5.91 Å². The quantitative estimate of drug-likeness (QED) is 0.496. The average Bonchev–Trinajstić information content (AvgIpc) is 3.46. The molecule has 1 aliphatic heterocycles. The molecule has 3 aromatic rings. The van der Waals surface area contributed by atoms with E-state index >= 15 is 0 Å². The molecule has 0 aliphatic carbocycles. The third-order valence-corrected chi connectivity index (χ3v) is 6.16. The van der Waals surface area contributed by atoms with Crippen LogP contribution in [0.25, 0.3) is 10.6 Å². The summed E-state index contributed by atoms with van der Waals surface area (Å²) in [5.74, 6) is -0.336. The van der Waals surface area contributed by atoms with Crippen molar-refractivity contribution in [3.8, 4) is 10.6 Å². The number of halogens is 3. The summed E-state index contributed by atoms with van der Waals surface area (Å²) < 4.78 is 45.1. The van der Waals surface area contributed by atoms with Crippen LogP contribution in [0.15, 0.2) is 48.7 Å². The smallest absolute Gasteiger partial charge is 0.350 e. The summed E-state index contributed by atoms with van der Waals surface area (Å²) in [5, 5.41) is 4.51. The van der Waals surface area contributed by atoms with E-state index in [4.69, 9.17) is 9.57 Å². The zero-order valence-electron chi connectivity index (χ0n) is 17.1. The third kappa shape index (κ3) is 5.76. The van der Waals surface area contributed by atoms with E-state index in [2.05, 4.69) is 10.6 Å². The van der Waals surface area contributed by atoms with Crippen LogP contribution in [0.2, 0.25) is 0 Å². The highest BCUT2D eigenvalue weighted by Gasteiger charge is 2.29. The fraction of sp³-hybridized carbons (Fsp3) is 0.364. The van der Waals surface area contributed by atoms with Gasteiger partial charge in [-0.2, -0.15) is 18.3 Å². The van der Waals surface area contributed by atoms with Gasteiger partial charge in [-0.05, 0) is 55.2 Å². The van der Waals surface area contributed by atoms with Crippen LogP contribution in [-0.4, -0.2) is 28.6 Å². The average molecular weight is 465 g/mol. The Kier molecular flexibility index (Phi) is 6.92. The third-order valence-electron chi connectivity index (χ3n) is 5.05. The van der Waals surface area contributed by atoms with Crippen LogP contribution < -0.4 is 5.48 Å². The Morgan fingerprint density at radius 3 is 2.72 bits per heavy atom. The molecule has 1 aliphatic rings. The number of alkyl halides is 3. The largest absolute Gasteiger partial charge is 0.416 e. The predicted molar refractivity (Wildman–Crippen MR) is 113 cm³/mol. The SMILES string of the molecule is O=C(NOC1CCCCO1)c1ccc(-c2ccn(CCc3ccc(C(F)(F)F)cc3)n2)s1. The molecule has 6 nitrogen and oxygen atoms in total. The van der Waals surface area contributed by atoms with Crippen molar-refractivity contribution in [3.63, 3.8) is 0 Å². The number of benzene rings is 1. The number of rotatable bonds is 7. The molecule has 170 valence electrons. The minimum absolute atomic E-state index is 0.336. The van der Waals surface area contributed by atoms with Crippen LogP contribution in [0.3, 0.4) is 0 Å². The van der Waals surface area contributed by atoms with Crippen LogP contribution in [0.4, 0.5) is 13.2 Å². The summed E-state index contributed by atoms with van der Waals surface area (Å²) in [6.07, 6.45) is 0.374. The second kappa shape index (κ2) is 9.85. The van der Waals surface area contributed by atoms with Gasteiger partial charge in [0.25, 0.3) is 5.91 Å². The highest BCUT2D eigenvalue weighted by Crippen LogP contribution is 2.29.